The second-order valence-corrected chi connectivity index (χ2v) is 2.84. The van der Waals surface area contributed by atoms with Crippen molar-refractivity contribution < 1.29 is 14.7 Å². The van der Waals surface area contributed by atoms with Gasteiger partial charge in [0.15, 0.2) is 0 Å². The number of carboxylic acids is 1. The number of likely N-dealkylation sites (N-methyl/N-ethyl adjacent to an activating group) is 1. The Bertz CT molecular complexity index is 239. The lowest BCUT2D eigenvalue weighted by molar-refractivity contribution is -0.134. The summed E-state index contributed by atoms with van der Waals surface area (Å²) in [6, 6.07) is -0.278. The maximum absolute atomic E-state index is 10.6. The molecule has 5 heteroatoms. The van der Waals surface area contributed by atoms with Crippen molar-refractivity contribution in [2.24, 2.45) is 0 Å². The predicted octanol–water partition coefficient (Wildman–Crippen LogP) is 1.18. The second-order valence-electron chi connectivity index (χ2n) is 2.49. The molecule has 1 atom stereocenters. The van der Waals surface area contributed by atoms with Crippen LogP contribution in [0.2, 0.25) is 0 Å². The van der Waals surface area contributed by atoms with E-state index in [-0.39, 0.29) is 16.8 Å². The topological polar surface area (TPSA) is 49.8 Å². The van der Waals surface area contributed by atoms with E-state index < -0.39 is 5.97 Å². The summed E-state index contributed by atoms with van der Waals surface area (Å²) in [5, 5.41) is 10.2. The first-order valence-corrected chi connectivity index (χ1v) is 4.03. The smallest absolute Gasteiger partial charge is 0.338 e. The second kappa shape index (κ2) is 3.33. The Labute approximate surface area is 75.3 Å². The van der Waals surface area contributed by atoms with Gasteiger partial charge in [-0.15, -0.1) is 5.06 Å². The molecule has 68 valence electrons. The van der Waals surface area contributed by atoms with E-state index in [9.17, 15) is 4.79 Å². The van der Waals surface area contributed by atoms with Gasteiger partial charge in [-0.05, 0) is 25.4 Å². The molecule has 0 spiro atoms. The van der Waals surface area contributed by atoms with Crippen molar-refractivity contribution in [3.8, 4) is 0 Å². The van der Waals surface area contributed by atoms with Gasteiger partial charge in [0.2, 0.25) is 5.22 Å². The van der Waals surface area contributed by atoms with Gasteiger partial charge in [0, 0.05) is 6.54 Å². The molecule has 1 rings (SSSR count). The van der Waals surface area contributed by atoms with Crippen LogP contribution in [0.25, 0.3) is 0 Å². The van der Waals surface area contributed by atoms with E-state index in [2.05, 4.69) is 0 Å². The van der Waals surface area contributed by atoms with Crippen molar-refractivity contribution in [2.75, 3.05) is 6.54 Å². The van der Waals surface area contributed by atoms with Gasteiger partial charge in [-0.25, -0.2) is 4.79 Å². The zero-order valence-corrected chi connectivity index (χ0v) is 7.63. The van der Waals surface area contributed by atoms with Crippen molar-refractivity contribution in [1.82, 2.24) is 5.06 Å². The van der Waals surface area contributed by atoms with Crippen LogP contribution in [-0.2, 0) is 9.63 Å². The first-order valence-electron chi connectivity index (χ1n) is 3.65. The van der Waals surface area contributed by atoms with Gasteiger partial charge in [0.05, 0.1) is 6.04 Å². The van der Waals surface area contributed by atoms with Crippen LogP contribution in [-0.4, -0.2) is 28.7 Å². The lowest BCUT2D eigenvalue weighted by atomic mass is 10.1. The molecule has 0 amide bonds. The van der Waals surface area contributed by atoms with E-state index in [1.807, 2.05) is 6.92 Å². The summed E-state index contributed by atoms with van der Waals surface area (Å²) in [4.78, 5) is 15.6. The normalized spacial score (nSPS) is 24.4. The van der Waals surface area contributed by atoms with Gasteiger partial charge < -0.3 is 9.94 Å². The molecule has 0 saturated heterocycles. The number of hydrogen-bond donors (Lipinski definition) is 1. The number of carbonyl (C=O) groups is 1. The Kier molecular flexibility index (Phi) is 2.59. The van der Waals surface area contributed by atoms with Crippen molar-refractivity contribution in [3.63, 3.8) is 0 Å². The summed E-state index contributed by atoms with van der Waals surface area (Å²) in [6.45, 7) is 4.21. The van der Waals surface area contributed by atoms with Gasteiger partial charge in [0.1, 0.15) is 5.57 Å². The highest BCUT2D eigenvalue weighted by atomic mass is 35.5. The zero-order chi connectivity index (χ0) is 9.30. The molecule has 0 saturated carbocycles. The molecule has 4 nitrogen and oxygen atoms in total. The molecule has 0 aromatic heterocycles. The van der Waals surface area contributed by atoms with Crippen LogP contribution < -0.4 is 0 Å². The third kappa shape index (κ3) is 1.40. The van der Waals surface area contributed by atoms with Crippen LogP contribution in [0, 0.1) is 0 Å². The Morgan fingerprint density at radius 2 is 2.42 bits per heavy atom. The first kappa shape index (κ1) is 9.35. The zero-order valence-electron chi connectivity index (χ0n) is 6.87. The average molecular weight is 192 g/mol. The molecule has 0 bridgehead atoms. The summed E-state index contributed by atoms with van der Waals surface area (Å²) >= 11 is 5.58. The molecular formula is C7H10ClNO3. The maximum atomic E-state index is 10.6. The summed E-state index contributed by atoms with van der Waals surface area (Å²) in [6.07, 6.45) is 0. The fourth-order valence-corrected chi connectivity index (χ4v) is 1.47. The SMILES string of the molecule is CCN1OC(Cl)=C(C(=O)O)C1C. The standard InChI is InChI=1S/C7H10ClNO3/c1-3-9-4(2)5(7(10)11)6(8)12-9/h4H,3H2,1-2H3,(H,10,11). The quantitative estimate of drug-likeness (QED) is 0.712. The van der Waals surface area contributed by atoms with Gasteiger partial charge in [-0.2, -0.15) is 0 Å². The van der Waals surface area contributed by atoms with E-state index in [1.54, 1.807) is 6.92 Å². The average Bonchev–Trinajstić information content (AvgIpc) is 2.25. The van der Waals surface area contributed by atoms with Crippen molar-refractivity contribution >= 4 is 17.6 Å². The number of carboxylic acid groups (broad SMARTS) is 1. The first-order chi connectivity index (χ1) is 5.57. The van der Waals surface area contributed by atoms with Gasteiger partial charge in [-0.3, -0.25) is 0 Å². The molecule has 0 radical (unpaired) electrons. The summed E-state index contributed by atoms with van der Waals surface area (Å²) in [5.74, 6) is -1.02. The van der Waals surface area contributed by atoms with E-state index in [0.29, 0.717) is 6.54 Å². The molecule has 0 aromatic rings. The highest BCUT2D eigenvalue weighted by Gasteiger charge is 2.34. The Balaban J connectivity index is 2.85. The van der Waals surface area contributed by atoms with Crippen LogP contribution in [0.1, 0.15) is 13.8 Å². The maximum Gasteiger partial charge on any atom is 0.338 e. The van der Waals surface area contributed by atoms with Crippen molar-refractivity contribution in [3.05, 3.63) is 10.8 Å². The van der Waals surface area contributed by atoms with Crippen molar-refractivity contribution in [2.45, 2.75) is 19.9 Å². The van der Waals surface area contributed by atoms with Crippen LogP contribution in [0.4, 0.5) is 0 Å². The van der Waals surface area contributed by atoms with Crippen molar-refractivity contribution in [1.29, 1.82) is 0 Å². The minimum absolute atomic E-state index is 0.0307. The fraction of sp³-hybridized carbons (Fsp3) is 0.571. The molecule has 12 heavy (non-hydrogen) atoms. The summed E-state index contributed by atoms with van der Waals surface area (Å²) < 4.78 is 0. The third-order valence-electron chi connectivity index (χ3n) is 1.80. The van der Waals surface area contributed by atoms with Crippen LogP contribution in [0.15, 0.2) is 10.8 Å². The molecule has 0 aliphatic carbocycles. The monoisotopic (exact) mass is 191 g/mol. The number of hydrogen-bond acceptors (Lipinski definition) is 3. The van der Waals surface area contributed by atoms with E-state index in [1.165, 1.54) is 5.06 Å². The summed E-state index contributed by atoms with van der Waals surface area (Å²) in [7, 11) is 0. The highest BCUT2D eigenvalue weighted by molar-refractivity contribution is 6.30. The molecule has 0 fully saturated rings. The van der Waals surface area contributed by atoms with Crippen LogP contribution in [0.5, 0.6) is 0 Å². The predicted molar refractivity (Wildman–Crippen MR) is 43.4 cm³/mol. The molecule has 1 unspecified atom stereocenters. The molecule has 0 aromatic carbocycles. The molecule has 1 aliphatic rings. The summed E-state index contributed by atoms with van der Waals surface area (Å²) in [5.41, 5.74) is 0.124. The molecule has 1 heterocycles. The number of nitrogens with zero attached hydrogens (tertiary/aromatic N) is 1. The van der Waals surface area contributed by atoms with Gasteiger partial charge in [-0.1, -0.05) is 0 Å². The molecule has 1 N–H and O–H groups in total. The van der Waals surface area contributed by atoms with Gasteiger partial charge >= 0.3 is 5.97 Å². The lowest BCUT2D eigenvalue weighted by Crippen LogP contribution is -2.29. The number of aliphatic carboxylic acids is 1. The molecule has 1 aliphatic heterocycles. The Morgan fingerprint density at radius 3 is 2.67 bits per heavy atom. The van der Waals surface area contributed by atoms with E-state index >= 15 is 0 Å². The largest absolute Gasteiger partial charge is 0.478 e. The van der Waals surface area contributed by atoms with E-state index in [4.69, 9.17) is 21.5 Å². The fourth-order valence-electron chi connectivity index (χ4n) is 1.14. The Morgan fingerprint density at radius 1 is 1.83 bits per heavy atom. The number of rotatable bonds is 2. The minimum Gasteiger partial charge on any atom is -0.478 e. The Hall–Kier alpha value is -0.740. The lowest BCUT2D eigenvalue weighted by Gasteiger charge is -2.17. The van der Waals surface area contributed by atoms with Crippen LogP contribution >= 0.6 is 11.6 Å². The highest BCUT2D eigenvalue weighted by Crippen LogP contribution is 2.27. The molecular weight excluding hydrogens is 182 g/mol. The third-order valence-corrected chi connectivity index (χ3v) is 2.07. The van der Waals surface area contributed by atoms with Crippen LogP contribution in [0.3, 0.4) is 0 Å². The minimum atomic E-state index is -1.02. The number of halogens is 1. The number of hydroxylamine groups is 2. The van der Waals surface area contributed by atoms with E-state index in [0.717, 1.165) is 0 Å². The van der Waals surface area contributed by atoms with Gasteiger partial charge in [0.25, 0.3) is 0 Å².